The number of piperidine rings is 1. The summed E-state index contributed by atoms with van der Waals surface area (Å²) in [5.41, 5.74) is 3.06. The van der Waals surface area contributed by atoms with E-state index in [0.29, 0.717) is 6.42 Å². The van der Waals surface area contributed by atoms with Gasteiger partial charge in [0.15, 0.2) is 5.72 Å². The van der Waals surface area contributed by atoms with Crippen LogP contribution in [0.1, 0.15) is 24.0 Å². The van der Waals surface area contributed by atoms with Gasteiger partial charge in [0.25, 0.3) is 0 Å². The van der Waals surface area contributed by atoms with Gasteiger partial charge in [-0.3, -0.25) is 4.84 Å². The Labute approximate surface area is 147 Å². The third-order valence-electron chi connectivity index (χ3n) is 4.76. The zero-order valence-corrected chi connectivity index (χ0v) is 14.1. The second kappa shape index (κ2) is 6.34. The van der Waals surface area contributed by atoms with Crippen molar-refractivity contribution in [3.8, 4) is 0 Å². The molecular formula is C20H20ClNO2. The van der Waals surface area contributed by atoms with E-state index in [-0.39, 0.29) is 6.10 Å². The summed E-state index contributed by atoms with van der Waals surface area (Å²) in [6, 6.07) is 18.2. The van der Waals surface area contributed by atoms with Crippen LogP contribution in [0.3, 0.4) is 0 Å². The molecule has 2 aromatic rings. The van der Waals surface area contributed by atoms with E-state index in [9.17, 15) is 5.11 Å². The highest BCUT2D eigenvalue weighted by molar-refractivity contribution is 6.30. The second-order valence-electron chi connectivity index (χ2n) is 6.51. The first-order chi connectivity index (χ1) is 11.7. The van der Waals surface area contributed by atoms with Crippen LogP contribution in [-0.4, -0.2) is 28.5 Å². The van der Waals surface area contributed by atoms with E-state index in [1.165, 1.54) is 11.1 Å². The van der Waals surface area contributed by atoms with Gasteiger partial charge >= 0.3 is 0 Å². The van der Waals surface area contributed by atoms with Crippen molar-refractivity contribution in [1.29, 1.82) is 0 Å². The highest BCUT2D eigenvalue weighted by atomic mass is 35.5. The molecule has 4 heteroatoms. The Morgan fingerprint density at radius 1 is 1.21 bits per heavy atom. The van der Waals surface area contributed by atoms with E-state index < -0.39 is 5.72 Å². The fourth-order valence-electron chi connectivity index (χ4n) is 3.44. The quantitative estimate of drug-likeness (QED) is 0.852. The van der Waals surface area contributed by atoms with Crippen LogP contribution in [0.5, 0.6) is 0 Å². The van der Waals surface area contributed by atoms with E-state index in [4.69, 9.17) is 16.4 Å². The summed E-state index contributed by atoms with van der Waals surface area (Å²) in [7, 11) is 0. The van der Waals surface area contributed by atoms with Crippen LogP contribution in [0, 0.1) is 0 Å². The molecule has 2 aliphatic rings. The molecule has 2 heterocycles. The highest BCUT2D eigenvalue weighted by Gasteiger charge is 2.60. The predicted octanol–water partition coefficient (Wildman–Crippen LogP) is 4.06. The Morgan fingerprint density at radius 3 is 2.71 bits per heavy atom. The van der Waals surface area contributed by atoms with Gasteiger partial charge < -0.3 is 5.11 Å². The SMILES string of the molecule is OC1CCN2OC2(C(=Cc2ccc(Cl)cc2)Cc2ccccc2)C1. The largest absolute Gasteiger partial charge is 0.393 e. The maximum Gasteiger partial charge on any atom is 0.189 e. The van der Waals surface area contributed by atoms with Crippen LogP contribution in [0.4, 0.5) is 0 Å². The molecule has 2 aromatic carbocycles. The average Bonchev–Trinajstić information content (AvgIpc) is 3.32. The van der Waals surface area contributed by atoms with Gasteiger partial charge in [-0.25, -0.2) is 0 Å². The van der Waals surface area contributed by atoms with Gasteiger partial charge in [-0.2, -0.15) is 0 Å². The van der Waals surface area contributed by atoms with Crippen molar-refractivity contribution in [2.24, 2.45) is 0 Å². The summed E-state index contributed by atoms with van der Waals surface area (Å²) < 4.78 is 0. The lowest BCUT2D eigenvalue weighted by atomic mass is 9.88. The van der Waals surface area contributed by atoms with Crippen molar-refractivity contribution < 1.29 is 9.94 Å². The number of hydrogen-bond acceptors (Lipinski definition) is 3. The van der Waals surface area contributed by atoms with E-state index in [1.54, 1.807) is 0 Å². The fourth-order valence-corrected chi connectivity index (χ4v) is 3.57. The molecule has 2 fully saturated rings. The molecule has 124 valence electrons. The van der Waals surface area contributed by atoms with Crippen LogP contribution >= 0.6 is 11.6 Å². The molecular weight excluding hydrogens is 322 g/mol. The number of hydroxylamine groups is 2. The Hall–Kier alpha value is -1.65. The van der Waals surface area contributed by atoms with Gasteiger partial charge in [-0.1, -0.05) is 60.1 Å². The van der Waals surface area contributed by atoms with Crippen molar-refractivity contribution >= 4 is 17.7 Å². The van der Waals surface area contributed by atoms with Gasteiger partial charge in [0, 0.05) is 18.0 Å². The van der Waals surface area contributed by atoms with Gasteiger partial charge in [0.1, 0.15) is 0 Å². The summed E-state index contributed by atoms with van der Waals surface area (Å²) >= 11 is 5.99. The second-order valence-corrected chi connectivity index (χ2v) is 6.94. The van der Waals surface area contributed by atoms with Crippen LogP contribution in [0.15, 0.2) is 60.2 Å². The third-order valence-corrected chi connectivity index (χ3v) is 5.01. The molecule has 0 bridgehead atoms. The first-order valence-electron chi connectivity index (χ1n) is 8.31. The zero-order chi connectivity index (χ0) is 16.6. The molecule has 3 unspecified atom stereocenters. The van der Waals surface area contributed by atoms with E-state index >= 15 is 0 Å². The van der Waals surface area contributed by atoms with Crippen molar-refractivity contribution in [1.82, 2.24) is 5.06 Å². The minimum absolute atomic E-state index is 0.312. The number of fused-ring (bicyclic) bond motifs is 1. The standard InChI is InChI=1S/C20H20ClNO2/c21-18-8-6-16(7-9-18)13-17(12-15-4-2-1-3-5-15)20-14-19(23)10-11-22(20)24-20/h1-9,13,19,23H,10-12,14H2. The molecule has 0 aromatic heterocycles. The number of aliphatic hydroxyl groups is 1. The molecule has 0 amide bonds. The van der Waals surface area contributed by atoms with Crippen molar-refractivity contribution in [3.63, 3.8) is 0 Å². The molecule has 0 spiro atoms. The minimum Gasteiger partial charge on any atom is -0.393 e. The first-order valence-corrected chi connectivity index (χ1v) is 8.69. The van der Waals surface area contributed by atoms with Gasteiger partial charge in [-0.15, -0.1) is 5.06 Å². The smallest absolute Gasteiger partial charge is 0.189 e. The molecule has 3 atom stereocenters. The van der Waals surface area contributed by atoms with Crippen LogP contribution < -0.4 is 0 Å². The van der Waals surface area contributed by atoms with E-state index in [2.05, 4.69) is 18.2 Å². The Bertz CT molecular complexity index is 744. The minimum atomic E-state index is -0.451. The number of hydrogen-bond donors (Lipinski definition) is 1. The predicted molar refractivity (Wildman–Crippen MR) is 95.3 cm³/mol. The number of rotatable bonds is 4. The van der Waals surface area contributed by atoms with Gasteiger partial charge in [0.2, 0.25) is 0 Å². The molecule has 0 saturated carbocycles. The normalized spacial score (nSPS) is 29.2. The van der Waals surface area contributed by atoms with Crippen molar-refractivity contribution in [2.75, 3.05) is 6.54 Å². The fraction of sp³-hybridized carbons (Fsp3) is 0.300. The lowest BCUT2D eigenvalue weighted by molar-refractivity contribution is 0.105. The maximum absolute atomic E-state index is 10.1. The van der Waals surface area contributed by atoms with Crippen LogP contribution in [-0.2, 0) is 11.3 Å². The molecule has 3 nitrogen and oxygen atoms in total. The molecule has 2 saturated heterocycles. The average molecular weight is 342 g/mol. The summed E-state index contributed by atoms with van der Waals surface area (Å²) in [6.07, 6.45) is 4.04. The van der Waals surface area contributed by atoms with Gasteiger partial charge in [0.05, 0.1) is 6.10 Å². The lowest BCUT2D eigenvalue weighted by Crippen LogP contribution is -2.34. The first kappa shape index (κ1) is 15.9. The van der Waals surface area contributed by atoms with E-state index in [1.807, 2.05) is 47.5 Å². The topological polar surface area (TPSA) is 35.8 Å². The van der Waals surface area contributed by atoms with E-state index in [0.717, 1.165) is 30.0 Å². The molecule has 2 aliphatic heterocycles. The Balaban J connectivity index is 1.68. The zero-order valence-electron chi connectivity index (χ0n) is 13.4. The summed E-state index contributed by atoms with van der Waals surface area (Å²) in [5, 5.41) is 12.9. The van der Waals surface area contributed by atoms with Crippen LogP contribution in [0.2, 0.25) is 5.02 Å². The Morgan fingerprint density at radius 2 is 1.96 bits per heavy atom. The van der Waals surface area contributed by atoms with Crippen molar-refractivity contribution in [3.05, 3.63) is 76.3 Å². The molecule has 0 radical (unpaired) electrons. The number of nitrogens with zero attached hydrogens (tertiary/aromatic N) is 1. The number of halogens is 1. The highest BCUT2D eigenvalue weighted by Crippen LogP contribution is 2.50. The monoisotopic (exact) mass is 341 g/mol. The molecule has 4 rings (SSSR count). The number of benzene rings is 2. The Kier molecular flexibility index (Phi) is 4.19. The summed E-state index contributed by atoms with van der Waals surface area (Å²) in [4.78, 5) is 5.95. The van der Waals surface area contributed by atoms with Gasteiger partial charge in [-0.05, 0) is 41.7 Å². The maximum atomic E-state index is 10.1. The van der Waals surface area contributed by atoms with Crippen LogP contribution in [0.25, 0.3) is 6.08 Å². The van der Waals surface area contributed by atoms with Crippen molar-refractivity contribution in [2.45, 2.75) is 31.1 Å². The lowest BCUT2D eigenvalue weighted by Gasteiger charge is -2.24. The summed E-state index contributed by atoms with van der Waals surface area (Å²) in [6.45, 7) is 0.772. The molecule has 1 N–H and O–H groups in total. The summed E-state index contributed by atoms with van der Waals surface area (Å²) in [5.74, 6) is 0. The molecule has 0 aliphatic carbocycles. The number of aliphatic hydroxyl groups excluding tert-OH is 1. The molecule has 24 heavy (non-hydrogen) atoms. The third kappa shape index (κ3) is 3.13.